The molecule has 0 aliphatic heterocycles. The number of benzene rings is 2. The van der Waals surface area contributed by atoms with Gasteiger partial charge in [-0.25, -0.2) is 8.42 Å². The Hall–Kier alpha value is -4.45. The van der Waals surface area contributed by atoms with Crippen LogP contribution in [0.15, 0.2) is 76.9 Å². The second-order valence-corrected chi connectivity index (χ2v) is 9.06. The first kappa shape index (κ1) is 25.8. The average Bonchev–Trinajstić information content (AvgIpc) is 3.27. The van der Waals surface area contributed by atoms with Crippen molar-refractivity contribution < 1.29 is 18.0 Å². The fourth-order valence-corrected chi connectivity index (χ4v) is 3.73. The molecule has 11 nitrogen and oxygen atoms in total. The third kappa shape index (κ3) is 7.03. The Bertz CT molecular complexity index is 1330. The van der Waals surface area contributed by atoms with Crippen molar-refractivity contribution in [3.8, 4) is 5.69 Å². The highest BCUT2D eigenvalue weighted by molar-refractivity contribution is 7.90. The van der Waals surface area contributed by atoms with Gasteiger partial charge in [-0.05, 0) is 48.9 Å². The zero-order chi connectivity index (χ0) is 25.5. The van der Waals surface area contributed by atoms with Crippen molar-refractivity contribution in [2.24, 2.45) is 22.2 Å². The molecule has 1 aromatic heterocycles. The first-order valence-corrected chi connectivity index (χ1v) is 11.6. The van der Waals surface area contributed by atoms with Gasteiger partial charge in [0.15, 0.2) is 21.8 Å². The van der Waals surface area contributed by atoms with Crippen molar-refractivity contribution >= 4 is 33.6 Å². The Morgan fingerprint density at radius 2 is 1.59 bits per heavy atom. The van der Waals surface area contributed by atoms with Gasteiger partial charge in [-0.1, -0.05) is 18.2 Å². The molecule has 34 heavy (non-hydrogen) atoms. The number of nitrogens with one attached hydrogen (secondary N) is 2. The highest BCUT2D eigenvalue weighted by Crippen LogP contribution is 2.25. The first-order chi connectivity index (χ1) is 15.9. The molecule has 1 heterocycles. The molecule has 3 rings (SSSR count). The molecule has 0 bridgehead atoms. The van der Waals surface area contributed by atoms with E-state index in [4.69, 9.17) is 22.6 Å². The summed E-state index contributed by atoms with van der Waals surface area (Å²) in [6.07, 6.45) is 4.53. The van der Waals surface area contributed by atoms with Crippen LogP contribution >= 0.6 is 0 Å². The lowest BCUT2D eigenvalue weighted by molar-refractivity contribution is 0.0974. The van der Waals surface area contributed by atoms with Crippen molar-refractivity contribution in [1.82, 2.24) is 9.88 Å². The van der Waals surface area contributed by atoms with Gasteiger partial charge in [0.1, 0.15) is 0 Å². The molecule has 2 amide bonds. The summed E-state index contributed by atoms with van der Waals surface area (Å²) in [6, 6.07) is 15.1. The van der Waals surface area contributed by atoms with Crippen LogP contribution in [0.4, 0.5) is 0 Å². The van der Waals surface area contributed by atoms with Crippen LogP contribution in [0.5, 0.6) is 0 Å². The highest BCUT2D eigenvalue weighted by atomic mass is 32.2. The van der Waals surface area contributed by atoms with Gasteiger partial charge in [0.05, 0.1) is 10.6 Å². The zero-order valence-electron chi connectivity index (χ0n) is 18.5. The Balaban J connectivity index is 0.000000287. The van der Waals surface area contributed by atoms with Gasteiger partial charge >= 0.3 is 0 Å². The molecule has 3 aromatic rings. The van der Waals surface area contributed by atoms with Crippen LogP contribution in [-0.2, 0) is 9.84 Å². The van der Waals surface area contributed by atoms with E-state index in [1.807, 2.05) is 6.07 Å². The number of sulfone groups is 1. The number of hydrogen-bond donors (Lipinski definition) is 5. The number of rotatable bonds is 4. The summed E-state index contributed by atoms with van der Waals surface area (Å²) in [5.41, 5.74) is 17.1. The standard InChI is InChI=1S/C14H16N4O3S.C8H9N3O/c1-9-7-11(18-5-3-4-6-18)12(22(2,20)21)8-10(9)13(19)17-14(15)16;9-8(10)11-7(12)6-4-2-1-3-5-6/h3-8H,1-2H3,(H4,15,16,17,19);1-5H,(H4,9,10,11,12). The molecular weight excluding hydrogens is 458 g/mol. The molecule has 0 spiro atoms. The maximum absolute atomic E-state index is 12.0. The quantitative estimate of drug-likeness (QED) is 0.268. The molecule has 0 unspecified atom stereocenters. The summed E-state index contributed by atoms with van der Waals surface area (Å²) >= 11 is 0. The number of nitrogens with zero attached hydrogens (tertiary/aromatic N) is 2. The number of guanidine groups is 2. The third-order valence-corrected chi connectivity index (χ3v) is 5.46. The number of hydrogen-bond acceptors (Lipinski definition) is 5. The van der Waals surface area contributed by atoms with Gasteiger partial charge < -0.3 is 21.8 Å². The third-order valence-electron chi connectivity index (χ3n) is 4.33. The molecule has 0 aliphatic rings. The van der Waals surface area contributed by atoms with Gasteiger partial charge in [0, 0.05) is 29.8 Å². The normalized spacial score (nSPS) is 10.4. The summed E-state index contributed by atoms with van der Waals surface area (Å²) in [7, 11) is -3.54. The van der Waals surface area contributed by atoms with Gasteiger partial charge in [-0.3, -0.25) is 20.3 Å². The number of aromatic nitrogens is 1. The minimum absolute atomic E-state index is 0.0310. The molecule has 0 radical (unpaired) electrons. The topological polar surface area (TPSA) is 200 Å². The van der Waals surface area contributed by atoms with Crippen molar-refractivity contribution in [2.45, 2.75) is 11.8 Å². The van der Waals surface area contributed by atoms with E-state index in [9.17, 15) is 18.0 Å². The van der Waals surface area contributed by atoms with E-state index in [0.29, 0.717) is 16.8 Å². The lowest BCUT2D eigenvalue weighted by Crippen LogP contribution is -2.35. The van der Waals surface area contributed by atoms with Crippen LogP contribution in [-0.4, -0.2) is 43.0 Å². The zero-order valence-corrected chi connectivity index (χ0v) is 19.3. The Morgan fingerprint density at radius 1 is 1.00 bits per heavy atom. The molecule has 0 saturated carbocycles. The fourth-order valence-electron chi connectivity index (χ4n) is 2.86. The molecule has 178 valence electrons. The summed E-state index contributed by atoms with van der Waals surface area (Å²) in [4.78, 5) is 26.6. The van der Waals surface area contributed by atoms with Crippen LogP contribution in [0.25, 0.3) is 5.69 Å². The van der Waals surface area contributed by atoms with Crippen molar-refractivity contribution in [3.63, 3.8) is 0 Å². The Labute approximate surface area is 196 Å². The minimum atomic E-state index is -3.54. The van der Waals surface area contributed by atoms with Crippen LogP contribution in [0.1, 0.15) is 26.3 Å². The second-order valence-electron chi connectivity index (χ2n) is 7.07. The molecule has 0 aliphatic carbocycles. The van der Waals surface area contributed by atoms with E-state index in [1.54, 1.807) is 66.3 Å². The van der Waals surface area contributed by atoms with Gasteiger partial charge in [-0.2, -0.15) is 4.99 Å². The summed E-state index contributed by atoms with van der Waals surface area (Å²) in [6.45, 7) is 1.69. The molecule has 8 N–H and O–H groups in total. The van der Waals surface area contributed by atoms with E-state index >= 15 is 0 Å². The lowest BCUT2D eigenvalue weighted by Gasteiger charge is -2.13. The molecule has 0 saturated heterocycles. The van der Waals surface area contributed by atoms with E-state index in [2.05, 4.69) is 10.3 Å². The summed E-state index contributed by atoms with van der Waals surface area (Å²) in [5.74, 6) is -1.76. The van der Waals surface area contributed by atoms with E-state index in [0.717, 1.165) is 6.26 Å². The molecule has 12 heteroatoms. The average molecular weight is 484 g/mol. The van der Waals surface area contributed by atoms with Crippen LogP contribution < -0.4 is 22.5 Å². The predicted molar refractivity (Wildman–Crippen MR) is 130 cm³/mol. The molecule has 0 fully saturated rings. The summed E-state index contributed by atoms with van der Waals surface area (Å²) < 4.78 is 25.8. The molecular formula is C22H25N7O4S. The number of carbonyl (C=O) groups excluding carboxylic acids is 2. The van der Waals surface area contributed by atoms with Gasteiger partial charge in [-0.15, -0.1) is 0 Å². The largest absolute Gasteiger partial charge is 0.370 e. The minimum Gasteiger partial charge on any atom is -0.370 e. The molecule has 2 aromatic carbocycles. The number of aliphatic imine (C=N–C) groups is 1. The lowest BCUT2D eigenvalue weighted by atomic mass is 10.1. The fraction of sp³-hybridized carbons (Fsp3) is 0.0909. The maximum atomic E-state index is 12.0. The SMILES string of the molecule is Cc1cc(-n2cccc2)c(S(C)(=O)=O)cc1C(=O)N=C(N)N.N=C(N)NC(=O)c1ccccc1. The van der Waals surface area contributed by atoms with Gasteiger partial charge in [0.2, 0.25) is 0 Å². The van der Waals surface area contributed by atoms with Crippen molar-refractivity contribution in [3.05, 3.63) is 83.7 Å². The highest BCUT2D eigenvalue weighted by Gasteiger charge is 2.20. The van der Waals surface area contributed by atoms with Crippen LogP contribution in [0.2, 0.25) is 0 Å². The number of aryl methyl sites for hydroxylation is 1. The predicted octanol–water partition coefficient (Wildman–Crippen LogP) is 0.913. The first-order valence-electron chi connectivity index (χ1n) is 9.72. The number of nitrogens with two attached hydrogens (primary N) is 3. The maximum Gasteiger partial charge on any atom is 0.280 e. The van der Waals surface area contributed by atoms with E-state index in [1.165, 1.54) is 6.07 Å². The van der Waals surface area contributed by atoms with Crippen molar-refractivity contribution in [2.75, 3.05) is 6.26 Å². The number of carbonyl (C=O) groups is 2. The smallest absolute Gasteiger partial charge is 0.280 e. The number of amides is 2. The Kier molecular flexibility index (Phi) is 8.29. The van der Waals surface area contributed by atoms with Crippen LogP contribution in [0, 0.1) is 12.3 Å². The van der Waals surface area contributed by atoms with Crippen LogP contribution in [0.3, 0.4) is 0 Å². The summed E-state index contributed by atoms with van der Waals surface area (Å²) in [5, 5.41) is 9.00. The van der Waals surface area contributed by atoms with E-state index < -0.39 is 15.7 Å². The van der Waals surface area contributed by atoms with Gasteiger partial charge in [0.25, 0.3) is 11.8 Å². The Morgan fingerprint density at radius 3 is 2.09 bits per heavy atom. The van der Waals surface area contributed by atoms with Crippen molar-refractivity contribution in [1.29, 1.82) is 5.41 Å². The monoisotopic (exact) mass is 483 g/mol. The van der Waals surface area contributed by atoms with E-state index in [-0.39, 0.29) is 28.3 Å². The second kappa shape index (κ2) is 10.9. The molecule has 0 atom stereocenters.